The fourth-order valence-corrected chi connectivity index (χ4v) is 4.52. The van der Waals surface area contributed by atoms with Crippen molar-refractivity contribution in [2.45, 2.75) is 25.4 Å². The van der Waals surface area contributed by atoms with Gasteiger partial charge in [-0.05, 0) is 50.7 Å². The molecule has 0 radical (unpaired) electrons. The lowest BCUT2D eigenvalue weighted by molar-refractivity contribution is 0.238. The normalized spacial score (nSPS) is 21.6. The Hall–Kier alpha value is -2.44. The second-order valence-corrected chi connectivity index (χ2v) is 8.04. The van der Waals surface area contributed by atoms with Crippen molar-refractivity contribution in [3.05, 3.63) is 54.1 Å². The molecular weight excluding hydrogens is 348 g/mol. The molecular formula is C22H28N6. The lowest BCUT2D eigenvalue weighted by Crippen LogP contribution is -2.44. The number of fused-ring (bicyclic) bond motifs is 1. The van der Waals surface area contributed by atoms with Crippen molar-refractivity contribution in [1.82, 2.24) is 24.8 Å². The largest absolute Gasteiger partial charge is 0.367 e. The van der Waals surface area contributed by atoms with Crippen LogP contribution in [0.4, 0.5) is 5.69 Å². The zero-order valence-corrected chi connectivity index (χ0v) is 16.5. The molecule has 1 N–H and O–H groups in total. The van der Waals surface area contributed by atoms with Crippen molar-refractivity contribution in [3.8, 4) is 0 Å². The van der Waals surface area contributed by atoms with Crippen molar-refractivity contribution in [2.75, 3.05) is 44.7 Å². The molecule has 1 unspecified atom stereocenters. The number of anilines is 1. The van der Waals surface area contributed by atoms with Crippen LogP contribution >= 0.6 is 0 Å². The number of likely N-dealkylation sites (tertiary alicyclic amines) is 1. The van der Waals surface area contributed by atoms with Crippen LogP contribution in [-0.4, -0.2) is 64.5 Å². The van der Waals surface area contributed by atoms with Crippen molar-refractivity contribution < 1.29 is 0 Å². The van der Waals surface area contributed by atoms with Gasteiger partial charge in [-0.1, -0.05) is 12.1 Å². The van der Waals surface area contributed by atoms with Gasteiger partial charge in [0.05, 0.1) is 22.9 Å². The summed E-state index contributed by atoms with van der Waals surface area (Å²) < 4.78 is 0. The third kappa shape index (κ3) is 3.38. The standard InChI is InChI=1S/C22H28N6/c1-26-12-14-27(15-13-26)19-8-4-7-18-21(19)25-22(24-18)20-9-5-11-28(20)16-17-6-2-3-10-23-17/h2-4,6-8,10,20H,5,9,11-16H2,1H3,(H,24,25). The highest BCUT2D eigenvalue weighted by atomic mass is 15.3. The molecule has 1 atom stereocenters. The number of hydrogen-bond donors (Lipinski definition) is 1. The molecule has 1 aromatic carbocycles. The Morgan fingerprint density at radius 1 is 1.04 bits per heavy atom. The number of aromatic nitrogens is 3. The van der Waals surface area contributed by atoms with E-state index in [1.165, 1.54) is 12.1 Å². The van der Waals surface area contributed by atoms with Gasteiger partial charge in [0.2, 0.25) is 0 Å². The molecule has 2 aliphatic heterocycles. The fourth-order valence-electron chi connectivity index (χ4n) is 4.52. The highest BCUT2D eigenvalue weighted by Gasteiger charge is 2.29. The number of H-pyrrole nitrogens is 1. The third-order valence-electron chi connectivity index (χ3n) is 6.12. The molecule has 0 amide bonds. The smallest absolute Gasteiger partial charge is 0.124 e. The molecule has 2 saturated heterocycles. The summed E-state index contributed by atoms with van der Waals surface area (Å²) in [5.41, 5.74) is 4.66. The number of para-hydroxylation sites is 1. The molecule has 2 fully saturated rings. The summed E-state index contributed by atoms with van der Waals surface area (Å²) in [4.78, 5) is 20.6. The van der Waals surface area contributed by atoms with E-state index in [-0.39, 0.29) is 0 Å². The van der Waals surface area contributed by atoms with Gasteiger partial charge in [-0.25, -0.2) is 4.98 Å². The number of likely N-dealkylation sites (N-methyl/N-ethyl adjacent to an activating group) is 1. The first-order valence-electron chi connectivity index (χ1n) is 10.3. The second kappa shape index (κ2) is 7.53. The summed E-state index contributed by atoms with van der Waals surface area (Å²) >= 11 is 0. The third-order valence-corrected chi connectivity index (χ3v) is 6.12. The Labute approximate surface area is 166 Å². The molecule has 28 heavy (non-hydrogen) atoms. The zero-order chi connectivity index (χ0) is 18.9. The molecule has 2 aliphatic rings. The van der Waals surface area contributed by atoms with Crippen molar-refractivity contribution in [1.29, 1.82) is 0 Å². The molecule has 6 heteroatoms. The van der Waals surface area contributed by atoms with Crippen molar-refractivity contribution in [2.24, 2.45) is 0 Å². The van der Waals surface area contributed by atoms with Crippen LogP contribution in [0.3, 0.4) is 0 Å². The molecule has 0 spiro atoms. The van der Waals surface area contributed by atoms with E-state index in [2.05, 4.69) is 62.0 Å². The molecule has 0 aliphatic carbocycles. The zero-order valence-electron chi connectivity index (χ0n) is 16.5. The van der Waals surface area contributed by atoms with E-state index in [1.807, 2.05) is 12.3 Å². The first kappa shape index (κ1) is 17.6. The summed E-state index contributed by atoms with van der Waals surface area (Å²) in [5, 5.41) is 0. The van der Waals surface area contributed by atoms with Crippen molar-refractivity contribution in [3.63, 3.8) is 0 Å². The number of aromatic amines is 1. The SMILES string of the molecule is CN1CCN(c2cccc3[nH]c(C4CCCN4Cc4ccccn4)nc23)CC1. The van der Waals surface area contributed by atoms with Gasteiger partial charge in [0.15, 0.2) is 0 Å². The van der Waals surface area contributed by atoms with Gasteiger partial charge in [-0.15, -0.1) is 0 Å². The molecule has 146 valence electrons. The minimum absolute atomic E-state index is 0.342. The van der Waals surface area contributed by atoms with Crippen LogP contribution in [0, 0.1) is 0 Å². The summed E-state index contributed by atoms with van der Waals surface area (Å²) in [7, 11) is 2.20. The molecule has 6 nitrogen and oxygen atoms in total. The highest BCUT2D eigenvalue weighted by molar-refractivity contribution is 5.89. The maximum Gasteiger partial charge on any atom is 0.124 e. The van der Waals surface area contributed by atoms with Gasteiger partial charge in [0, 0.05) is 38.9 Å². The van der Waals surface area contributed by atoms with E-state index in [0.29, 0.717) is 6.04 Å². The van der Waals surface area contributed by atoms with Gasteiger partial charge >= 0.3 is 0 Å². The Morgan fingerprint density at radius 3 is 2.75 bits per heavy atom. The van der Waals surface area contributed by atoms with Crippen LogP contribution < -0.4 is 4.90 Å². The Kier molecular flexibility index (Phi) is 4.74. The number of nitrogens with one attached hydrogen (secondary N) is 1. The van der Waals surface area contributed by atoms with Crippen LogP contribution in [-0.2, 0) is 6.54 Å². The highest BCUT2D eigenvalue weighted by Crippen LogP contribution is 2.34. The van der Waals surface area contributed by atoms with Gasteiger partial charge in [-0.3, -0.25) is 9.88 Å². The molecule has 0 saturated carbocycles. The number of piperazine rings is 1. The van der Waals surface area contributed by atoms with Crippen molar-refractivity contribution >= 4 is 16.7 Å². The van der Waals surface area contributed by atoms with Crippen LogP contribution in [0.25, 0.3) is 11.0 Å². The van der Waals surface area contributed by atoms with Gasteiger partial charge < -0.3 is 14.8 Å². The topological polar surface area (TPSA) is 51.3 Å². The minimum atomic E-state index is 0.342. The Balaban J connectivity index is 1.42. The molecule has 4 heterocycles. The average Bonchev–Trinajstić information content (AvgIpc) is 3.35. The van der Waals surface area contributed by atoms with Crippen LogP contribution in [0.2, 0.25) is 0 Å². The molecule has 5 rings (SSSR count). The van der Waals surface area contributed by atoms with Gasteiger partial charge in [0.25, 0.3) is 0 Å². The van der Waals surface area contributed by atoms with E-state index < -0.39 is 0 Å². The first-order chi connectivity index (χ1) is 13.8. The van der Waals surface area contributed by atoms with E-state index in [1.54, 1.807) is 0 Å². The number of nitrogens with zero attached hydrogens (tertiary/aromatic N) is 5. The van der Waals surface area contributed by atoms with Crippen LogP contribution in [0.5, 0.6) is 0 Å². The maximum atomic E-state index is 5.11. The second-order valence-electron chi connectivity index (χ2n) is 8.04. The maximum absolute atomic E-state index is 5.11. The predicted molar refractivity (Wildman–Crippen MR) is 112 cm³/mol. The number of rotatable bonds is 4. The predicted octanol–water partition coefficient (Wildman–Crippen LogP) is 3.05. The van der Waals surface area contributed by atoms with E-state index in [0.717, 1.165) is 68.2 Å². The number of pyridine rings is 1. The molecule has 0 bridgehead atoms. The van der Waals surface area contributed by atoms with Crippen LogP contribution in [0.1, 0.15) is 30.4 Å². The Bertz CT molecular complexity index is 929. The molecule has 3 aromatic rings. The summed E-state index contributed by atoms with van der Waals surface area (Å²) in [6.45, 7) is 6.32. The van der Waals surface area contributed by atoms with E-state index in [9.17, 15) is 0 Å². The summed E-state index contributed by atoms with van der Waals surface area (Å²) in [5.74, 6) is 1.10. The van der Waals surface area contributed by atoms with E-state index in [4.69, 9.17) is 4.98 Å². The quantitative estimate of drug-likeness (QED) is 0.758. The number of hydrogen-bond acceptors (Lipinski definition) is 5. The fraction of sp³-hybridized carbons (Fsp3) is 0.455. The number of imidazole rings is 1. The monoisotopic (exact) mass is 376 g/mol. The molecule has 2 aromatic heterocycles. The van der Waals surface area contributed by atoms with Crippen LogP contribution in [0.15, 0.2) is 42.6 Å². The van der Waals surface area contributed by atoms with Gasteiger partial charge in [-0.2, -0.15) is 0 Å². The first-order valence-corrected chi connectivity index (χ1v) is 10.3. The Morgan fingerprint density at radius 2 is 1.93 bits per heavy atom. The minimum Gasteiger partial charge on any atom is -0.367 e. The van der Waals surface area contributed by atoms with Gasteiger partial charge in [0.1, 0.15) is 11.3 Å². The number of benzene rings is 1. The summed E-state index contributed by atoms with van der Waals surface area (Å²) in [6.07, 6.45) is 4.24. The van der Waals surface area contributed by atoms with E-state index >= 15 is 0 Å². The lowest BCUT2D eigenvalue weighted by Gasteiger charge is -2.34. The lowest BCUT2D eigenvalue weighted by atomic mass is 10.2. The average molecular weight is 377 g/mol. The summed E-state index contributed by atoms with van der Waals surface area (Å²) in [6, 6.07) is 13.0.